The summed E-state index contributed by atoms with van der Waals surface area (Å²) in [5.41, 5.74) is 10.1. The average Bonchev–Trinajstić information content (AvgIpc) is 2.97. The molecule has 2 aliphatic heterocycles. The third-order valence-corrected chi connectivity index (χ3v) is 8.26. The van der Waals surface area contributed by atoms with Gasteiger partial charge in [-0.15, -0.1) is 0 Å². The summed E-state index contributed by atoms with van der Waals surface area (Å²) in [5.74, 6) is 0. The number of halogens is 1. The monoisotopic (exact) mass is 520 g/mol. The smallest absolute Gasteiger partial charge is 0.202 e. The summed E-state index contributed by atoms with van der Waals surface area (Å²) in [6, 6.07) is 11.9. The van der Waals surface area contributed by atoms with E-state index in [0.29, 0.717) is 10.9 Å². The second-order valence-electron chi connectivity index (χ2n) is 10.2. The van der Waals surface area contributed by atoms with Gasteiger partial charge in [0.1, 0.15) is 20.1 Å². The minimum absolute atomic E-state index is 0.332. The Morgan fingerprint density at radius 2 is 1.79 bits per heavy atom. The largest absolute Gasteiger partial charge is 0.372 e. The van der Waals surface area contributed by atoms with Crippen molar-refractivity contribution in [2.24, 2.45) is 7.05 Å². The van der Waals surface area contributed by atoms with Gasteiger partial charge in [0, 0.05) is 56.0 Å². The molecule has 0 amide bonds. The molecule has 0 N–H and O–H groups in total. The van der Waals surface area contributed by atoms with Crippen LogP contribution in [-0.2, 0) is 19.9 Å². The molecule has 1 aromatic heterocycles. The van der Waals surface area contributed by atoms with Gasteiger partial charge in [-0.25, -0.2) is 9.14 Å². The van der Waals surface area contributed by atoms with E-state index in [1.807, 2.05) is 0 Å². The first-order chi connectivity index (χ1) is 16.4. The second-order valence-corrected chi connectivity index (χ2v) is 11.4. The maximum absolute atomic E-state index is 4.45. The SMILES string of the molecule is C=C(Cc1cc[n+](C)cc1)N1CCN(C2C3=C(CCc4cc(C)ccc42)CC(Br)C=[N+]3C)CC1. The maximum Gasteiger partial charge on any atom is 0.202 e. The van der Waals surface area contributed by atoms with Crippen molar-refractivity contribution in [1.29, 1.82) is 0 Å². The quantitative estimate of drug-likeness (QED) is 0.440. The molecular weight excluding hydrogens is 484 g/mol. The minimum Gasteiger partial charge on any atom is -0.372 e. The highest BCUT2D eigenvalue weighted by Crippen LogP contribution is 2.41. The van der Waals surface area contributed by atoms with Crippen LogP contribution in [0.25, 0.3) is 0 Å². The molecule has 1 aromatic carbocycles. The van der Waals surface area contributed by atoms with E-state index in [1.54, 1.807) is 5.57 Å². The Morgan fingerprint density at radius 3 is 2.53 bits per heavy atom. The van der Waals surface area contributed by atoms with Gasteiger partial charge in [-0.05, 0) is 42.9 Å². The molecule has 3 heterocycles. The van der Waals surface area contributed by atoms with E-state index in [1.165, 1.54) is 33.6 Å². The second kappa shape index (κ2) is 9.79. The van der Waals surface area contributed by atoms with Gasteiger partial charge in [-0.3, -0.25) is 4.90 Å². The molecule has 5 rings (SSSR count). The molecule has 3 aliphatic rings. The molecule has 178 valence electrons. The number of benzene rings is 1. The van der Waals surface area contributed by atoms with Crippen LogP contribution in [0.2, 0.25) is 0 Å². The predicted octanol–water partition coefficient (Wildman–Crippen LogP) is 4.32. The molecule has 1 aliphatic carbocycles. The number of aryl methyl sites for hydroxylation is 3. The highest BCUT2D eigenvalue weighted by molar-refractivity contribution is 9.09. The first kappa shape index (κ1) is 23.5. The van der Waals surface area contributed by atoms with Crippen molar-refractivity contribution in [2.45, 2.75) is 43.5 Å². The van der Waals surface area contributed by atoms with E-state index in [4.69, 9.17) is 0 Å². The summed E-state index contributed by atoms with van der Waals surface area (Å²) in [6.07, 6.45) is 10.9. The van der Waals surface area contributed by atoms with Crippen LogP contribution >= 0.6 is 15.9 Å². The van der Waals surface area contributed by atoms with E-state index >= 15 is 0 Å². The number of rotatable bonds is 4. The van der Waals surface area contributed by atoms with Crippen LogP contribution in [-0.4, -0.2) is 58.6 Å². The number of alkyl halides is 1. The van der Waals surface area contributed by atoms with E-state index in [9.17, 15) is 0 Å². The van der Waals surface area contributed by atoms with E-state index in [0.717, 1.165) is 51.9 Å². The van der Waals surface area contributed by atoms with Crippen LogP contribution < -0.4 is 4.57 Å². The molecule has 1 saturated heterocycles. The van der Waals surface area contributed by atoms with Crippen LogP contribution in [0.3, 0.4) is 0 Å². The van der Waals surface area contributed by atoms with Crippen molar-refractivity contribution in [1.82, 2.24) is 9.80 Å². The van der Waals surface area contributed by atoms with Gasteiger partial charge >= 0.3 is 0 Å². The van der Waals surface area contributed by atoms with Crippen LogP contribution in [0.15, 0.2) is 66.3 Å². The van der Waals surface area contributed by atoms with Gasteiger partial charge in [-0.1, -0.05) is 46.3 Å². The number of likely N-dealkylation sites (N-methyl/N-ethyl adjacent to an activating group) is 1. The lowest BCUT2D eigenvalue weighted by molar-refractivity contribution is -0.671. The molecule has 0 bridgehead atoms. The molecule has 34 heavy (non-hydrogen) atoms. The Hall–Kier alpha value is -2.24. The number of hydrogen-bond donors (Lipinski definition) is 0. The van der Waals surface area contributed by atoms with Crippen molar-refractivity contribution in [2.75, 3.05) is 33.2 Å². The van der Waals surface area contributed by atoms with Crippen molar-refractivity contribution < 1.29 is 9.14 Å². The number of allylic oxidation sites excluding steroid dienone is 2. The molecule has 0 spiro atoms. The molecule has 4 nitrogen and oxygen atoms in total. The molecule has 2 atom stereocenters. The van der Waals surface area contributed by atoms with Gasteiger partial charge in [-0.2, -0.15) is 0 Å². The molecule has 1 fully saturated rings. The first-order valence-electron chi connectivity index (χ1n) is 12.5. The van der Waals surface area contributed by atoms with Crippen molar-refractivity contribution >= 4 is 22.1 Å². The fourth-order valence-corrected chi connectivity index (χ4v) is 6.64. The summed E-state index contributed by atoms with van der Waals surface area (Å²) >= 11 is 3.87. The number of hydrogen-bond acceptors (Lipinski definition) is 2. The highest BCUT2D eigenvalue weighted by Gasteiger charge is 2.40. The maximum atomic E-state index is 4.45. The Kier molecular flexibility index (Phi) is 6.76. The van der Waals surface area contributed by atoms with Crippen LogP contribution in [0, 0.1) is 6.92 Å². The molecule has 5 heteroatoms. The Labute approximate surface area is 213 Å². The zero-order valence-corrected chi connectivity index (χ0v) is 22.4. The molecule has 0 saturated carbocycles. The summed E-state index contributed by atoms with van der Waals surface area (Å²) in [4.78, 5) is 5.65. The van der Waals surface area contributed by atoms with Crippen molar-refractivity contribution in [3.8, 4) is 0 Å². The van der Waals surface area contributed by atoms with Gasteiger partial charge in [0.2, 0.25) is 5.70 Å². The Morgan fingerprint density at radius 1 is 1.06 bits per heavy atom. The van der Waals surface area contributed by atoms with Crippen LogP contribution in [0.5, 0.6) is 0 Å². The van der Waals surface area contributed by atoms with Gasteiger partial charge in [0.15, 0.2) is 18.6 Å². The summed E-state index contributed by atoms with van der Waals surface area (Å²) in [5, 5.41) is 0. The number of pyridine rings is 1. The zero-order chi connectivity index (χ0) is 23.8. The van der Waals surface area contributed by atoms with Crippen LogP contribution in [0.1, 0.15) is 41.1 Å². The van der Waals surface area contributed by atoms with Crippen LogP contribution in [0.4, 0.5) is 0 Å². The lowest BCUT2D eigenvalue weighted by Gasteiger charge is -2.41. The van der Waals surface area contributed by atoms with Crippen molar-refractivity contribution in [3.05, 3.63) is 88.5 Å². The molecule has 0 radical (unpaired) electrons. The molecular formula is C29H37BrN4+2. The molecule has 2 aromatic rings. The standard InChI is InChI=1S/C29H37BrN4/c1-21-5-8-27-24(17-21)6-7-25-19-26(30)20-32(4)28(25)29(27)34-15-13-33(14-16-34)22(2)18-23-9-11-31(3)12-10-23/h5,8-12,17,20,26,29H,2,6-7,13-16,18-19H2,1,3-4H3/q+2. The zero-order valence-electron chi connectivity index (χ0n) is 20.8. The summed E-state index contributed by atoms with van der Waals surface area (Å²) < 4.78 is 4.50. The van der Waals surface area contributed by atoms with Crippen molar-refractivity contribution in [3.63, 3.8) is 0 Å². The van der Waals surface area contributed by atoms with E-state index in [-0.39, 0.29) is 0 Å². The lowest BCUT2D eigenvalue weighted by atomic mass is 9.93. The normalized spacial score (nSPS) is 23.2. The fraction of sp³-hybridized carbons (Fsp3) is 0.448. The third kappa shape index (κ3) is 4.78. The van der Waals surface area contributed by atoms with Gasteiger partial charge in [0.25, 0.3) is 0 Å². The number of fused-ring (bicyclic) bond motifs is 1. The van der Waals surface area contributed by atoms with E-state index in [2.05, 4.69) is 111 Å². The third-order valence-electron chi connectivity index (χ3n) is 7.70. The highest BCUT2D eigenvalue weighted by atomic mass is 79.9. The Bertz CT molecular complexity index is 1140. The summed E-state index contributed by atoms with van der Waals surface area (Å²) in [7, 11) is 4.30. The lowest BCUT2D eigenvalue weighted by Crippen LogP contribution is -2.48. The number of nitrogens with zero attached hydrogens (tertiary/aromatic N) is 4. The fourth-order valence-electron chi connectivity index (χ4n) is 5.90. The predicted molar refractivity (Wildman–Crippen MR) is 142 cm³/mol. The molecule has 2 unspecified atom stereocenters. The Balaban J connectivity index is 1.37. The topological polar surface area (TPSA) is 13.4 Å². The average molecular weight is 522 g/mol. The van der Waals surface area contributed by atoms with Gasteiger partial charge in [0.05, 0.1) is 4.83 Å². The number of piperazine rings is 1. The summed E-state index contributed by atoms with van der Waals surface area (Å²) in [6.45, 7) is 10.9. The minimum atomic E-state index is 0.332. The number of aromatic nitrogens is 1. The van der Waals surface area contributed by atoms with Gasteiger partial charge < -0.3 is 4.90 Å². The first-order valence-corrected chi connectivity index (χ1v) is 13.4. The van der Waals surface area contributed by atoms with E-state index < -0.39 is 0 Å².